The molecule has 78 valence electrons. The van der Waals surface area contributed by atoms with Crippen LogP contribution in [0.1, 0.15) is 32.6 Å². The van der Waals surface area contributed by atoms with Gasteiger partial charge in [0.25, 0.3) is 0 Å². The first-order valence-corrected chi connectivity index (χ1v) is 5.12. The topological polar surface area (TPSA) is 9.23 Å². The van der Waals surface area contributed by atoms with Gasteiger partial charge in [0.05, 0.1) is 0 Å². The molecule has 0 saturated heterocycles. The Hall–Kier alpha value is -1.00. The summed E-state index contributed by atoms with van der Waals surface area (Å²) in [5, 5.41) is 0. The molecule has 0 aliphatic rings. The van der Waals surface area contributed by atoms with Crippen molar-refractivity contribution in [2.75, 3.05) is 13.7 Å². The van der Waals surface area contributed by atoms with Gasteiger partial charge in [-0.05, 0) is 32.3 Å². The lowest BCUT2D eigenvalue weighted by molar-refractivity contribution is 0.192. The van der Waals surface area contributed by atoms with Gasteiger partial charge in [0.15, 0.2) is 0 Å². The molecule has 0 saturated carbocycles. The number of hydrogen-bond acceptors (Lipinski definition) is 1. The highest BCUT2D eigenvalue weighted by Crippen LogP contribution is 2.10. The third-order valence-corrected chi connectivity index (χ3v) is 2.08. The van der Waals surface area contributed by atoms with Crippen molar-refractivity contribution in [1.29, 1.82) is 0 Å². The third-order valence-electron chi connectivity index (χ3n) is 2.08. The number of ether oxygens (including phenoxy) is 1. The molecule has 0 unspecified atom stereocenters. The van der Waals surface area contributed by atoms with Crippen LogP contribution in [0.4, 0.5) is 0 Å². The molecule has 0 aliphatic carbocycles. The van der Waals surface area contributed by atoms with Gasteiger partial charge in [-0.2, -0.15) is 0 Å². The number of rotatable bonds is 7. The van der Waals surface area contributed by atoms with E-state index < -0.39 is 0 Å². The maximum atomic E-state index is 5.15. The Labute approximate surface area is 87.9 Å². The van der Waals surface area contributed by atoms with Crippen molar-refractivity contribution in [1.82, 2.24) is 0 Å². The van der Waals surface area contributed by atoms with Gasteiger partial charge in [-0.15, -0.1) is 6.42 Å². The first-order valence-electron chi connectivity index (χ1n) is 5.12. The molecule has 0 aromatic carbocycles. The Kier molecular flexibility index (Phi) is 9.36. The predicted octanol–water partition coefficient (Wildman–Crippen LogP) is 3.33. The minimum Gasteiger partial charge on any atom is -0.385 e. The average Bonchev–Trinajstić information content (AvgIpc) is 2.22. The lowest BCUT2D eigenvalue weighted by Crippen LogP contribution is -1.88. The molecule has 0 amide bonds. The molecule has 0 atom stereocenters. The van der Waals surface area contributed by atoms with Crippen molar-refractivity contribution >= 4 is 0 Å². The molecule has 0 aliphatic heterocycles. The predicted molar refractivity (Wildman–Crippen MR) is 62.1 cm³/mol. The molecule has 0 heterocycles. The standard InChI is InChI=1S/C13H20O/c1-4-6-10-13(5-2)11-8-7-9-12-14-3/h1,5-6,10H,7-9,11-12H2,2-3H3/b10-6-,13-5+. The van der Waals surface area contributed by atoms with Crippen molar-refractivity contribution in [3.8, 4) is 12.3 Å². The van der Waals surface area contributed by atoms with Crippen LogP contribution in [0.2, 0.25) is 0 Å². The molecule has 1 heteroatoms. The van der Waals surface area contributed by atoms with E-state index in [1.807, 2.05) is 13.0 Å². The van der Waals surface area contributed by atoms with Crippen LogP contribution in [0.25, 0.3) is 0 Å². The maximum absolute atomic E-state index is 5.15. The van der Waals surface area contributed by atoms with Crippen LogP contribution in [0.3, 0.4) is 0 Å². The summed E-state index contributed by atoms with van der Waals surface area (Å²) in [7, 11) is 1.74. The smallest absolute Gasteiger partial charge is 0.0462 e. The number of allylic oxidation sites excluding steroid dienone is 4. The summed E-state index contributed by atoms with van der Waals surface area (Å²) in [5.41, 5.74) is 1.32. The van der Waals surface area contributed by atoms with Crippen LogP contribution in [-0.2, 0) is 4.74 Å². The van der Waals surface area contributed by atoms with E-state index >= 15 is 0 Å². The first-order chi connectivity index (χ1) is 6.85. The molecule has 0 rings (SSSR count). The van der Waals surface area contributed by atoms with Gasteiger partial charge in [0.1, 0.15) is 0 Å². The normalized spacial score (nSPS) is 11.9. The Balaban J connectivity index is 3.55. The zero-order valence-electron chi connectivity index (χ0n) is 9.25. The van der Waals surface area contributed by atoms with Crippen LogP contribution in [0.5, 0.6) is 0 Å². The molecule has 0 fully saturated rings. The minimum absolute atomic E-state index is 0.866. The molecule has 0 spiro atoms. The van der Waals surface area contributed by atoms with Crippen molar-refractivity contribution in [3.63, 3.8) is 0 Å². The minimum atomic E-state index is 0.866. The Morgan fingerprint density at radius 3 is 2.71 bits per heavy atom. The molecule has 1 nitrogen and oxygen atoms in total. The second kappa shape index (κ2) is 10.1. The summed E-state index contributed by atoms with van der Waals surface area (Å²) < 4.78 is 4.98. The maximum Gasteiger partial charge on any atom is 0.0462 e. The van der Waals surface area contributed by atoms with Crippen LogP contribution in [0, 0.1) is 12.3 Å². The summed E-state index contributed by atoms with van der Waals surface area (Å²) in [6.07, 6.45) is 15.7. The highest BCUT2D eigenvalue weighted by Gasteiger charge is 1.92. The Morgan fingerprint density at radius 1 is 1.36 bits per heavy atom. The van der Waals surface area contributed by atoms with E-state index in [1.54, 1.807) is 13.2 Å². The van der Waals surface area contributed by atoms with Crippen LogP contribution in [-0.4, -0.2) is 13.7 Å². The number of hydrogen-bond donors (Lipinski definition) is 0. The van der Waals surface area contributed by atoms with Gasteiger partial charge in [0.2, 0.25) is 0 Å². The quantitative estimate of drug-likeness (QED) is 0.341. The molecule has 14 heavy (non-hydrogen) atoms. The van der Waals surface area contributed by atoms with Gasteiger partial charge >= 0.3 is 0 Å². The Morgan fingerprint density at radius 2 is 2.14 bits per heavy atom. The summed E-state index contributed by atoms with van der Waals surface area (Å²) in [4.78, 5) is 0. The fourth-order valence-electron chi connectivity index (χ4n) is 1.23. The molecule has 0 N–H and O–H groups in total. The van der Waals surface area contributed by atoms with Crippen LogP contribution < -0.4 is 0 Å². The van der Waals surface area contributed by atoms with Crippen molar-refractivity contribution < 1.29 is 4.74 Å². The Bertz CT molecular complexity index is 218. The van der Waals surface area contributed by atoms with E-state index in [2.05, 4.69) is 12.0 Å². The average molecular weight is 192 g/mol. The fourth-order valence-corrected chi connectivity index (χ4v) is 1.23. The van der Waals surface area contributed by atoms with E-state index in [0.29, 0.717) is 0 Å². The third kappa shape index (κ3) is 7.64. The van der Waals surface area contributed by atoms with E-state index in [-0.39, 0.29) is 0 Å². The van der Waals surface area contributed by atoms with Gasteiger partial charge < -0.3 is 4.74 Å². The summed E-state index contributed by atoms with van der Waals surface area (Å²) in [6, 6.07) is 0. The van der Waals surface area contributed by atoms with Gasteiger partial charge in [-0.1, -0.05) is 30.1 Å². The lowest BCUT2D eigenvalue weighted by atomic mass is 10.1. The second-order valence-electron chi connectivity index (χ2n) is 3.17. The van der Waals surface area contributed by atoms with E-state index in [1.165, 1.54) is 18.4 Å². The number of methoxy groups -OCH3 is 1. The highest BCUT2D eigenvalue weighted by atomic mass is 16.5. The van der Waals surface area contributed by atoms with E-state index in [0.717, 1.165) is 19.4 Å². The summed E-state index contributed by atoms with van der Waals surface area (Å²) >= 11 is 0. The van der Waals surface area contributed by atoms with Gasteiger partial charge in [-0.3, -0.25) is 0 Å². The largest absolute Gasteiger partial charge is 0.385 e. The van der Waals surface area contributed by atoms with Crippen molar-refractivity contribution in [3.05, 3.63) is 23.8 Å². The van der Waals surface area contributed by atoms with E-state index in [4.69, 9.17) is 11.2 Å². The van der Waals surface area contributed by atoms with Crippen molar-refractivity contribution in [2.45, 2.75) is 32.6 Å². The summed E-state index contributed by atoms with van der Waals surface area (Å²) in [6.45, 7) is 2.91. The molecule has 0 bridgehead atoms. The molecule has 0 aromatic rings. The fraction of sp³-hybridized carbons (Fsp3) is 0.538. The molecular weight excluding hydrogens is 172 g/mol. The van der Waals surface area contributed by atoms with Crippen LogP contribution >= 0.6 is 0 Å². The van der Waals surface area contributed by atoms with E-state index in [9.17, 15) is 0 Å². The van der Waals surface area contributed by atoms with Gasteiger partial charge in [-0.25, -0.2) is 0 Å². The molecular formula is C13H20O. The highest BCUT2D eigenvalue weighted by molar-refractivity contribution is 5.24. The SMILES string of the molecule is C#C/C=C\C(=C/C)CCCCCOC. The zero-order valence-corrected chi connectivity index (χ0v) is 9.25. The lowest BCUT2D eigenvalue weighted by Gasteiger charge is -2.01. The summed E-state index contributed by atoms with van der Waals surface area (Å²) in [5.74, 6) is 2.50. The number of unbranched alkanes of at least 4 members (excludes halogenated alkanes) is 2. The molecule has 0 radical (unpaired) electrons. The first kappa shape index (κ1) is 13.0. The number of terminal acetylenes is 1. The monoisotopic (exact) mass is 192 g/mol. The molecule has 0 aromatic heterocycles. The van der Waals surface area contributed by atoms with Crippen molar-refractivity contribution in [2.24, 2.45) is 0 Å². The second-order valence-corrected chi connectivity index (χ2v) is 3.17. The van der Waals surface area contributed by atoms with Crippen LogP contribution in [0.15, 0.2) is 23.8 Å². The zero-order chi connectivity index (χ0) is 10.6. The van der Waals surface area contributed by atoms with Gasteiger partial charge in [0, 0.05) is 13.7 Å².